The lowest BCUT2D eigenvalue weighted by Gasteiger charge is -2.16. The summed E-state index contributed by atoms with van der Waals surface area (Å²) in [6.45, 7) is -0.511. The van der Waals surface area contributed by atoms with Gasteiger partial charge >= 0.3 is 6.18 Å². The second-order valence-electron chi connectivity index (χ2n) is 6.85. The van der Waals surface area contributed by atoms with Gasteiger partial charge in [0, 0.05) is 23.1 Å². The molecular formula is C19H16ClF3N4O2. The van der Waals surface area contributed by atoms with Gasteiger partial charge in [-0.2, -0.15) is 18.4 Å². The molecule has 0 atom stereocenters. The highest BCUT2D eigenvalue weighted by Crippen LogP contribution is 2.34. The van der Waals surface area contributed by atoms with E-state index in [0.29, 0.717) is 23.4 Å². The first-order valence-corrected chi connectivity index (χ1v) is 9.14. The number of rotatable bonds is 6. The Balaban J connectivity index is 1.93. The summed E-state index contributed by atoms with van der Waals surface area (Å²) >= 11 is 5.84. The first kappa shape index (κ1) is 20.9. The number of alkyl halides is 3. The fraction of sp³-hybridized carbons (Fsp3) is 0.368. The summed E-state index contributed by atoms with van der Waals surface area (Å²) in [5.41, 5.74) is -0.892. The maximum Gasteiger partial charge on any atom is 0.389 e. The number of carbonyl (C=O) groups is 1. The number of benzene rings is 1. The van der Waals surface area contributed by atoms with Crippen LogP contribution < -0.4 is 10.9 Å². The summed E-state index contributed by atoms with van der Waals surface area (Å²) in [5.74, 6) is -0.780. The number of nitriles is 1. The minimum atomic E-state index is -4.44. The van der Waals surface area contributed by atoms with E-state index in [-0.39, 0.29) is 11.5 Å². The SMILES string of the molecule is N#CC1(NC(=O)Cn2c(CCC(F)(F)F)nc(-c3ccc(Cl)cc3)cc2=O)CC1. The molecule has 1 heterocycles. The van der Waals surface area contributed by atoms with Crippen LogP contribution in [0.3, 0.4) is 0 Å². The van der Waals surface area contributed by atoms with Gasteiger partial charge < -0.3 is 5.32 Å². The summed E-state index contributed by atoms with van der Waals surface area (Å²) in [6.07, 6.45) is -5.19. The van der Waals surface area contributed by atoms with Crippen molar-refractivity contribution in [3.8, 4) is 17.3 Å². The Morgan fingerprint density at radius 3 is 2.52 bits per heavy atom. The van der Waals surface area contributed by atoms with Crippen molar-refractivity contribution in [2.24, 2.45) is 0 Å². The van der Waals surface area contributed by atoms with E-state index in [0.717, 1.165) is 10.6 Å². The number of nitrogens with one attached hydrogen (secondary N) is 1. The third kappa shape index (κ3) is 5.35. The molecule has 1 aliphatic rings. The molecule has 0 spiro atoms. The molecule has 2 aromatic rings. The number of hydrogen-bond acceptors (Lipinski definition) is 4. The van der Waals surface area contributed by atoms with Gasteiger partial charge in [-0.3, -0.25) is 14.2 Å². The van der Waals surface area contributed by atoms with Gasteiger partial charge in [-0.05, 0) is 25.0 Å². The summed E-state index contributed by atoms with van der Waals surface area (Å²) < 4.78 is 39.1. The minimum absolute atomic E-state index is 0.156. The zero-order valence-corrected chi connectivity index (χ0v) is 15.8. The van der Waals surface area contributed by atoms with Crippen molar-refractivity contribution in [3.63, 3.8) is 0 Å². The van der Waals surface area contributed by atoms with Gasteiger partial charge in [-0.25, -0.2) is 4.98 Å². The van der Waals surface area contributed by atoms with Gasteiger partial charge in [-0.15, -0.1) is 0 Å². The molecule has 1 aliphatic carbocycles. The number of aryl methyl sites for hydroxylation is 1. The Bertz CT molecular complexity index is 1020. The molecule has 1 saturated carbocycles. The zero-order valence-electron chi connectivity index (χ0n) is 15.1. The van der Waals surface area contributed by atoms with E-state index in [4.69, 9.17) is 16.9 Å². The molecule has 1 aromatic carbocycles. The quantitative estimate of drug-likeness (QED) is 0.771. The van der Waals surface area contributed by atoms with E-state index in [2.05, 4.69) is 10.3 Å². The van der Waals surface area contributed by atoms with E-state index >= 15 is 0 Å². The minimum Gasteiger partial charge on any atom is -0.336 e. The van der Waals surface area contributed by atoms with Crippen molar-refractivity contribution in [2.45, 2.75) is 43.9 Å². The molecular weight excluding hydrogens is 409 g/mol. The molecule has 1 fully saturated rings. The van der Waals surface area contributed by atoms with E-state index in [9.17, 15) is 22.8 Å². The second-order valence-corrected chi connectivity index (χ2v) is 7.28. The number of amides is 1. The van der Waals surface area contributed by atoms with Crippen LogP contribution >= 0.6 is 11.6 Å². The van der Waals surface area contributed by atoms with Gasteiger partial charge in [0.15, 0.2) is 0 Å². The Kier molecular flexibility index (Phi) is 5.66. The number of hydrogen-bond donors (Lipinski definition) is 1. The van der Waals surface area contributed by atoms with Crippen molar-refractivity contribution in [2.75, 3.05) is 0 Å². The molecule has 1 aromatic heterocycles. The number of halogens is 4. The molecule has 3 rings (SSSR count). The van der Waals surface area contributed by atoms with E-state index in [1.165, 1.54) is 0 Å². The summed E-state index contributed by atoms with van der Waals surface area (Å²) in [4.78, 5) is 29.0. The predicted octanol–water partition coefficient (Wildman–Crippen LogP) is 3.23. The van der Waals surface area contributed by atoms with Crippen molar-refractivity contribution >= 4 is 17.5 Å². The maximum absolute atomic E-state index is 12.7. The zero-order chi connectivity index (χ0) is 21.2. The van der Waals surface area contributed by atoms with E-state index < -0.39 is 42.6 Å². The Morgan fingerprint density at radius 2 is 1.97 bits per heavy atom. The van der Waals surface area contributed by atoms with Crippen molar-refractivity contribution in [1.29, 1.82) is 5.26 Å². The van der Waals surface area contributed by atoms with Crippen LogP contribution in [0.4, 0.5) is 13.2 Å². The second kappa shape index (κ2) is 7.87. The highest BCUT2D eigenvalue weighted by molar-refractivity contribution is 6.30. The predicted molar refractivity (Wildman–Crippen MR) is 99.0 cm³/mol. The third-order valence-corrected chi connectivity index (χ3v) is 4.76. The Morgan fingerprint density at radius 1 is 1.31 bits per heavy atom. The molecule has 0 bridgehead atoms. The van der Waals surface area contributed by atoms with Crippen LogP contribution in [-0.2, 0) is 17.8 Å². The normalized spacial score (nSPS) is 14.9. The third-order valence-electron chi connectivity index (χ3n) is 4.50. The monoisotopic (exact) mass is 424 g/mol. The topological polar surface area (TPSA) is 87.8 Å². The number of carbonyl (C=O) groups excluding carboxylic acids is 1. The smallest absolute Gasteiger partial charge is 0.336 e. The van der Waals surface area contributed by atoms with Gasteiger partial charge in [0.05, 0.1) is 18.2 Å². The van der Waals surface area contributed by atoms with Crippen molar-refractivity contribution in [1.82, 2.24) is 14.9 Å². The Labute approximate surface area is 168 Å². The van der Waals surface area contributed by atoms with Gasteiger partial charge in [-0.1, -0.05) is 23.7 Å². The molecule has 0 aliphatic heterocycles. The van der Waals surface area contributed by atoms with Crippen LogP contribution in [0.15, 0.2) is 35.1 Å². The standard InChI is InChI=1S/C19H16ClF3N4O2/c20-13-3-1-12(2-4-13)14-9-17(29)27(15(25-14)5-6-19(21,22)23)10-16(28)26-18(11-24)7-8-18/h1-4,9H,5-8,10H2,(H,26,28). The lowest BCUT2D eigenvalue weighted by Crippen LogP contribution is -2.40. The molecule has 1 amide bonds. The fourth-order valence-electron chi connectivity index (χ4n) is 2.78. The van der Waals surface area contributed by atoms with Crippen LogP contribution in [0.1, 0.15) is 25.1 Å². The molecule has 6 nitrogen and oxygen atoms in total. The highest BCUT2D eigenvalue weighted by atomic mass is 35.5. The summed E-state index contributed by atoms with van der Waals surface area (Å²) in [7, 11) is 0. The van der Waals surface area contributed by atoms with Gasteiger partial charge in [0.25, 0.3) is 5.56 Å². The van der Waals surface area contributed by atoms with Crippen molar-refractivity contribution < 1.29 is 18.0 Å². The molecule has 1 N–H and O–H groups in total. The molecule has 10 heteroatoms. The van der Waals surface area contributed by atoms with Gasteiger partial charge in [0.1, 0.15) is 17.9 Å². The molecule has 0 saturated heterocycles. The van der Waals surface area contributed by atoms with Gasteiger partial charge in [0.2, 0.25) is 5.91 Å². The summed E-state index contributed by atoms with van der Waals surface area (Å²) in [5, 5.41) is 12.0. The molecule has 0 radical (unpaired) electrons. The van der Waals surface area contributed by atoms with Crippen LogP contribution in [0.5, 0.6) is 0 Å². The van der Waals surface area contributed by atoms with E-state index in [1.54, 1.807) is 24.3 Å². The lowest BCUT2D eigenvalue weighted by molar-refractivity contribution is -0.134. The van der Waals surface area contributed by atoms with E-state index in [1.807, 2.05) is 6.07 Å². The number of aromatic nitrogens is 2. The van der Waals surface area contributed by atoms with Crippen LogP contribution in [0.25, 0.3) is 11.3 Å². The molecule has 152 valence electrons. The molecule has 0 unspecified atom stereocenters. The highest BCUT2D eigenvalue weighted by Gasteiger charge is 2.44. The fourth-order valence-corrected chi connectivity index (χ4v) is 2.90. The maximum atomic E-state index is 12.7. The first-order chi connectivity index (χ1) is 13.6. The van der Waals surface area contributed by atoms with Crippen molar-refractivity contribution in [3.05, 3.63) is 51.5 Å². The van der Waals surface area contributed by atoms with Crippen LogP contribution in [0, 0.1) is 11.3 Å². The Hall–Kier alpha value is -2.86. The van der Waals surface area contributed by atoms with Crippen LogP contribution in [-0.4, -0.2) is 27.2 Å². The van der Waals surface area contributed by atoms with Crippen LogP contribution in [0.2, 0.25) is 5.02 Å². The average Bonchev–Trinajstić information content (AvgIpc) is 3.42. The lowest BCUT2D eigenvalue weighted by atomic mass is 10.1. The molecule has 29 heavy (non-hydrogen) atoms. The average molecular weight is 425 g/mol. The summed E-state index contributed by atoms with van der Waals surface area (Å²) in [6, 6.07) is 9.48. The first-order valence-electron chi connectivity index (χ1n) is 8.76. The largest absolute Gasteiger partial charge is 0.389 e. The number of nitrogens with zero attached hydrogens (tertiary/aromatic N) is 3.